The summed E-state index contributed by atoms with van der Waals surface area (Å²) >= 11 is 0. The predicted octanol–water partition coefficient (Wildman–Crippen LogP) is 9.68. The second kappa shape index (κ2) is 50.3. The molecule has 1 unspecified atom stereocenters. The Morgan fingerprint density at radius 2 is 1.02 bits per heavy atom. The molecule has 1 rings (SSSR count). The summed E-state index contributed by atoms with van der Waals surface area (Å²) in [6.45, 7) is 11.0. The number of carbonyl (C=O) groups is 3. The van der Waals surface area contributed by atoms with Crippen molar-refractivity contribution in [3.8, 4) is 0 Å². The van der Waals surface area contributed by atoms with E-state index in [0.29, 0.717) is 25.9 Å². The Kier molecular flexibility index (Phi) is 52.0. The van der Waals surface area contributed by atoms with Crippen LogP contribution in [0.2, 0.25) is 0 Å². The van der Waals surface area contributed by atoms with Gasteiger partial charge in [-0.05, 0) is 78.4 Å². The van der Waals surface area contributed by atoms with E-state index in [4.69, 9.17) is 14.2 Å². The van der Waals surface area contributed by atoms with E-state index in [1.54, 1.807) is 0 Å². The molecule has 0 saturated carbocycles. The first-order valence-electron chi connectivity index (χ1n) is 26.2. The van der Waals surface area contributed by atoms with E-state index in [9.17, 15) is 19.5 Å². The van der Waals surface area contributed by atoms with Crippen molar-refractivity contribution in [3.63, 3.8) is 0 Å². The van der Waals surface area contributed by atoms with Crippen LogP contribution in [-0.2, 0) is 28.6 Å². The minimum Gasteiger partial charge on any atom is -0.854 e. The maximum atomic E-state index is 12.2. The van der Waals surface area contributed by atoms with Crippen molar-refractivity contribution in [1.29, 1.82) is 0 Å². The van der Waals surface area contributed by atoms with Gasteiger partial charge in [0.2, 0.25) is 0 Å². The van der Waals surface area contributed by atoms with Gasteiger partial charge in [0.05, 0.1) is 13.0 Å². The molecule has 0 amide bonds. The molecule has 0 aromatic heterocycles. The average molecular weight is 905 g/mol. The zero-order chi connectivity index (χ0) is 44.9. The summed E-state index contributed by atoms with van der Waals surface area (Å²) < 4.78 is 16.8. The van der Waals surface area contributed by atoms with E-state index in [0.717, 1.165) is 110 Å². The van der Waals surface area contributed by atoms with E-state index in [-0.39, 0.29) is 88.1 Å². The fourth-order valence-electron chi connectivity index (χ4n) is 8.00. The Balaban J connectivity index is 0. The molecule has 1 fully saturated rings. The Labute approximate surface area is 426 Å². The molecule has 1 aliphatic rings. The van der Waals surface area contributed by atoms with Crippen molar-refractivity contribution in [3.05, 3.63) is 0 Å². The van der Waals surface area contributed by atoms with Crippen molar-refractivity contribution >= 4 is 17.9 Å². The molecule has 0 aliphatic carbocycles. The van der Waals surface area contributed by atoms with Gasteiger partial charge in [0.25, 0.3) is 0 Å². The number of unbranched alkanes of at least 4 members (excludes halogenated alkanes) is 25. The number of rotatable bonds is 43. The molecular formula is C52H101KN2O7. The van der Waals surface area contributed by atoms with Gasteiger partial charge in [-0.3, -0.25) is 19.3 Å². The van der Waals surface area contributed by atoms with E-state index in [2.05, 4.69) is 25.7 Å². The van der Waals surface area contributed by atoms with Gasteiger partial charge in [-0.15, -0.1) is 6.61 Å². The summed E-state index contributed by atoms with van der Waals surface area (Å²) in [6, 6.07) is 0. The summed E-state index contributed by atoms with van der Waals surface area (Å²) in [7, 11) is 3.93. The van der Waals surface area contributed by atoms with Crippen LogP contribution in [0.15, 0.2) is 0 Å². The Morgan fingerprint density at radius 3 is 1.53 bits per heavy atom. The number of ether oxygens (including phenoxy) is 3. The van der Waals surface area contributed by atoms with Crippen molar-refractivity contribution in [2.45, 2.75) is 264 Å². The molecule has 362 valence electrons. The first-order chi connectivity index (χ1) is 29.7. The van der Waals surface area contributed by atoms with Crippen molar-refractivity contribution in [1.82, 2.24) is 9.80 Å². The molecule has 9 nitrogen and oxygen atoms in total. The molecular weight excluding hydrogens is 804 g/mol. The van der Waals surface area contributed by atoms with Crippen molar-refractivity contribution < 1.29 is 85.1 Å². The van der Waals surface area contributed by atoms with Crippen molar-refractivity contribution in [2.75, 3.05) is 53.5 Å². The van der Waals surface area contributed by atoms with Crippen LogP contribution in [0.5, 0.6) is 0 Å². The van der Waals surface area contributed by atoms with Crippen LogP contribution in [-0.4, -0.2) is 93.4 Å². The molecule has 0 aromatic rings. The van der Waals surface area contributed by atoms with Crippen LogP contribution >= 0.6 is 0 Å². The van der Waals surface area contributed by atoms with Crippen LogP contribution in [0.3, 0.4) is 0 Å². The molecule has 0 radical (unpaired) electrons. The third kappa shape index (κ3) is 46.5. The summed E-state index contributed by atoms with van der Waals surface area (Å²) in [6.07, 6.45) is 40.8. The summed E-state index contributed by atoms with van der Waals surface area (Å²) in [5.74, 6) is -0.126. The smallest absolute Gasteiger partial charge is 0.854 e. The molecule has 1 aliphatic heterocycles. The normalized spacial score (nSPS) is 13.8. The molecule has 1 heterocycles. The summed E-state index contributed by atoms with van der Waals surface area (Å²) in [4.78, 5) is 40.3. The fourth-order valence-corrected chi connectivity index (χ4v) is 8.00. The summed E-state index contributed by atoms with van der Waals surface area (Å²) in [5.41, 5.74) is 0. The van der Waals surface area contributed by atoms with Gasteiger partial charge in [0.15, 0.2) is 0 Å². The van der Waals surface area contributed by atoms with Gasteiger partial charge in [-0.25, -0.2) is 0 Å². The number of likely N-dealkylation sites (tertiary alicyclic amines) is 1. The zero-order valence-corrected chi connectivity index (χ0v) is 45.2. The summed E-state index contributed by atoms with van der Waals surface area (Å²) in [5, 5.41) is 10.4. The van der Waals surface area contributed by atoms with Gasteiger partial charge in [-0.2, -0.15) is 0 Å². The van der Waals surface area contributed by atoms with Gasteiger partial charge in [-0.1, -0.05) is 175 Å². The molecule has 0 spiro atoms. The zero-order valence-electron chi connectivity index (χ0n) is 42.1. The Morgan fingerprint density at radius 1 is 0.565 bits per heavy atom. The van der Waals surface area contributed by atoms with E-state index < -0.39 is 0 Å². The minimum absolute atomic E-state index is 0. The molecule has 10 heteroatoms. The molecule has 0 aromatic carbocycles. The van der Waals surface area contributed by atoms with E-state index >= 15 is 0 Å². The fraction of sp³-hybridized carbons (Fsp3) is 0.942. The maximum Gasteiger partial charge on any atom is 1.00 e. The van der Waals surface area contributed by atoms with Crippen molar-refractivity contribution in [2.24, 2.45) is 0 Å². The number of nitrogens with zero attached hydrogens (tertiary/aromatic N) is 2. The number of hydrogen-bond acceptors (Lipinski definition) is 9. The maximum absolute atomic E-state index is 12.2. The predicted molar refractivity (Wildman–Crippen MR) is 254 cm³/mol. The molecule has 1 atom stereocenters. The minimum atomic E-state index is -0.0831. The molecule has 1 saturated heterocycles. The third-order valence-electron chi connectivity index (χ3n) is 12.0. The van der Waals surface area contributed by atoms with E-state index in [1.807, 2.05) is 19.0 Å². The molecule has 0 N–H and O–H groups in total. The van der Waals surface area contributed by atoms with Crippen LogP contribution < -0.4 is 56.5 Å². The second-order valence-corrected chi connectivity index (χ2v) is 18.4. The topological polar surface area (TPSA) is 108 Å². The van der Waals surface area contributed by atoms with Gasteiger partial charge in [0.1, 0.15) is 12.2 Å². The number of esters is 3. The van der Waals surface area contributed by atoms with Crippen LogP contribution in [0.1, 0.15) is 252 Å². The number of carbonyl (C=O) groups excluding carboxylic acids is 3. The van der Waals surface area contributed by atoms with Gasteiger partial charge < -0.3 is 24.2 Å². The second-order valence-electron chi connectivity index (χ2n) is 18.4. The average Bonchev–Trinajstić information content (AvgIpc) is 3.69. The van der Waals surface area contributed by atoms with Crippen LogP contribution in [0, 0.1) is 0 Å². The SMILES string of the molecule is CCCCCCCCC(CCCCCCCC)OC(=O)CCCCCCC[O-].CCCCCCCCCCCOC(=O)CCCCCCN1CCC(OC(=O)CCN(C)C)C1.[K+]. The molecule has 0 bridgehead atoms. The third-order valence-corrected chi connectivity index (χ3v) is 12.0. The Bertz CT molecular complexity index is 955. The van der Waals surface area contributed by atoms with E-state index in [1.165, 1.54) is 128 Å². The van der Waals surface area contributed by atoms with Gasteiger partial charge in [0, 0.05) is 32.5 Å². The van der Waals surface area contributed by atoms with Crippen LogP contribution in [0.4, 0.5) is 0 Å². The Hall–Kier alpha value is -0.0736. The monoisotopic (exact) mass is 905 g/mol. The van der Waals surface area contributed by atoms with Crippen LogP contribution in [0.25, 0.3) is 0 Å². The largest absolute Gasteiger partial charge is 1.00 e. The quantitative estimate of drug-likeness (QED) is 0.0256. The first-order valence-corrected chi connectivity index (χ1v) is 26.2. The number of hydrogen-bond donors (Lipinski definition) is 0. The standard InChI is InChI=1S/C27H52N2O4.C25H49O3.K/c1-4-5-6-7-8-9-10-13-16-23-32-26(30)17-14-11-12-15-20-29-22-18-25(24-29)33-27(31)19-21-28(2)3;1-3-5-7-9-12-16-20-24(21-17-13-10-8-6-4-2)28-25(27)22-18-14-11-15-19-23-26;/h25H,4-24H2,1-3H3;24H,3-23H2,1-2H3;/q;-1;+1. The first kappa shape index (κ1) is 64.0. The molecule has 62 heavy (non-hydrogen) atoms. The van der Waals surface area contributed by atoms with Gasteiger partial charge >= 0.3 is 69.3 Å².